The minimum atomic E-state index is -0.541. The molecule has 0 saturated carbocycles. The fourth-order valence-electron chi connectivity index (χ4n) is 3.58. The van der Waals surface area contributed by atoms with Gasteiger partial charge in [0.15, 0.2) is 0 Å². The van der Waals surface area contributed by atoms with Crippen molar-refractivity contribution in [1.82, 2.24) is 10.2 Å². The molecule has 0 N–H and O–H groups in total. The van der Waals surface area contributed by atoms with E-state index in [0.29, 0.717) is 0 Å². The molecule has 1 aliphatic rings. The Morgan fingerprint density at radius 2 is 1.50 bits per heavy atom. The van der Waals surface area contributed by atoms with E-state index in [-0.39, 0.29) is 11.9 Å². The van der Waals surface area contributed by atoms with Gasteiger partial charge in [-0.15, -0.1) is 21.8 Å². The molecule has 0 spiro atoms. The molecule has 4 nitrogen and oxygen atoms in total. The van der Waals surface area contributed by atoms with Crippen molar-refractivity contribution in [3.63, 3.8) is 0 Å². The van der Waals surface area contributed by atoms with Gasteiger partial charge in [0.2, 0.25) is 5.91 Å². The third kappa shape index (κ3) is 2.19. The number of amides is 1. The Bertz CT molecular complexity index is 1150. The van der Waals surface area contributed by atoms with Crippen LogP contribution in [0, 0.1) is 0 Å². The molecular formula is C21H14ClN3O. The summed E-state index contributed by atoms with van der Waals surface area (Å²) < 4.78 is 0. The highest BCUT2D eigenvalue weighted by atomic mass is 35.5. The highest BCUT2D eigenvalue weighted by Gasteiger charge is 2.47. The lowest BCUT2D eigenvalue weighted by Crippen LogP contribution is -2.56. The van der Waals surface area contributed by atoms with E-state index in [2.05, 4.69) is 10.2 Å². The van der Waals surface area contributed by atoms with Crippen LogP contribution in [0.5, 0.6) is 0 Å². The quantitative estimate of drug-likeness (QED) is 0.301. The van der Waals surface area contributed by atoms with Gasteiger partial charge < -0.3 is 4.90 Å². The predicted molar refractivity (Wildman–Crippen MR) is 103 cm³/mol. The van der Waals surface area contributed by atoms with Crippen LogP contribution in [0.15, 0.2) is 72.8 Å². The summed E-state index contributed by atoms with van der Waals surface area (Å²) in [6.07, 6.45) is 0. The molecule has 1 aliphatic heterocycles. The topological polar surface area (TPSA) is 46.1 Å². The number of β-lactam (4-membered cyclic amide) rings is 1. The average molecular weight is 360 g/mol. The number of carbonyl (C=O) groups excluding carboxylic acids is 1. The molecule has 2 atom stereocenters. The number of anilines is 1. The Labute approximate surface area is 155 Å². The monoisotopic (exact) mass is 359 g/mol. The minimum Gasteiger partial charge on any atom is -0.301 e. The fourth-order valence-corrected chi connectivity index (χ4v) is 3.95. The number of rotatable bonds is 2. The second-order valence-electron chi connectivity index (χ2n) is 6.38. The predicted octanol–water partition coefficient (Wildman–Crippen LogP) is 4.48. The maximum absolute atomic E-state index is 12.5. The van der Waals surface area contributed by atoms with Crippen LogP contribution in [0.1, 0.15) is 11.6 Å². The minimum absolute atomic E-state index is 0.0776. The number of fused-ring (bicyclic) bond motifs is 3. The smallest absolute Gasteiger partial charge is 0.248 e. The van der Waals surface area contributed by atoms with E-state index >= 15 is 0 Å². The maximum Gasteiger partial charge on any atom is 0.248 e. The largest absolute Gasteiger partial charge is 0.301 e. The van der Waals surface area contributed by atoms with E-state index in [9.17, 15) is 4.79 Å². The number of hydrogen-bond donors (Lipinski definition) is 0. The molecule has 0 bridgehead atoms. The molecule has 5 heteroatoms. The molecule has 0 aliphatic carbocycles. The Morgan fingerprint density at radius 1 is 0.808 bits per heavy atom. The number of hydrogen-bond acceptors (Lipinski definition) is 3. The number of carbonyl (C=O) groups is 1. The first-order chi connectivity index (χ1) is 12.7. The Kier molecular flexibility index (Phi) is 3.40. The summed E-state index contributed by atoms with van der Waals surface area (Å²) in [6, 6.07) is 23.4. The number of nitrogens with zero attached hydrogens (tertiary/aromatic N) is 3. The summed E-state index contributed by atoms with van der Waals surface area (Å²) in [5.74, 6) is -0.0776. The Hall–Kier alpha value is -2.98. The van der Waals surface area contributed by atoms with Crippen molar-refractivity contribution in [3.05, 3.63) is 78.4 Å². The molecular weight excluding hydrogens is 346 g/mol. The van der Waals surface area contributed by atoms with Crippen LogP contribution in [0.25, 0.3) is 21.8 Å². The van der Waals surface area contributed by atoms with Crippen molar-refractivity contribution in [2.24, 2.45) is 0 Å². The van der Waals surface area contributed by atoms with E-state index < -0.39 is 5.38 Å². The first-order valence-corrected chi connectivity index (χ1v) is 8.85. The summed E-state index contributed by atoms with van der Waals surface area (Å²) >= 11 is 6.34. The van der Waals surface area contributed by atoms with Gasteiger partial charge in [-0.25, -0.2) is 0 Å². The van der Waals surface area contributed by atoms with E-state index in [1.54, 1.807) is 4.90 Å². The standard InChI is InChI=1S/C21H14ClN3O/c22-19-20(13-6-2-1-3-7-13)25(21(19)26)14-10-11-18-16(12-14)15-8-4-5-9-17(15)23-24-18/h1-12,19-20H. The number of alkyl halides is 1. The molecule has 3 aromatic carbocycles. The zero-order valence-electron chi connectivity index (χ0n) is 13.7. The van der Waals surface area contributed by atoms with E-state index in [1.807, 2.05) is 72.8 Å². The number of aromatic nitrogens is 2. The molecule has 1 fully saturated rings. The van der Waals surface area contributed by atoms with Gasteiger partial charge in [-0.05, 0) is 29.8 Å². The van der Waals surface area contributed by atoms with Gasteiger partial charge in [0.05, 0.1) is 17.1 Å². The van der Waals surface area contributed by atoms with Crippen molar-refractivity contribution < 1.29 is 4.79 Å². The SMILES string of the molecule is O=C1C(Cl)C(c2ccccc2)N1c1ccc2nnc3ccccc3c2c1. The highest BCUT2D eigenvalue weighted by molar-refractivity contribution is 6.37. The molecule has 26 heavy (non-hydrogen) atoms. The Morgan fingerprint density at radius 3 is 2.31 bits per heavy atom. The van der Waals surface area contributed by atoms with Crippen LogP contribution < -0.4 is 4.90 Å². The van der Waals surface area contributed by atoms with Crippen LogP contribution in [0.3, 0.4) is 0 Å². The number of benzene rings is 3. The summed E-state index contributed by atoms with van der Waals surface area (Å²) in [5, 5.41) is 10.00. The van der Waals surface area contributed by atoms with Crippen LogP contribution >= 0.6 is 11.6 Å². The molecule has 0 radical (unpaired) electrons. The van der Waals surface area contributed by atoms with Crippen molar-refractivity contribution in [2.75, 3.05) is 4.90 Å². The van der Waals surface area contributed by atoms with Gasteiger partial charge in [-0.2, -0.15) is 0 Å². The first-order valence-electron chi connectivity index (χ1n) is 8.41. The van der Waals surface area contributed by atoms with Crippen LogP contribution in [-0.2, 0) is 4.79 Å². The fraction of sp³-hybridized carbons (Fsp3) is 0.0952. The van der Waals surface area contributed by atoms with Crippen molar-refractivity contribution >= 4 is 45.0 Å². The van der Waals surface area contributed by atoms with Gasteiger partial charge in [-0.1, -0.05) is 48.5 Å². The molecule has 126 valence electrons. The normalized spacial score (nSPS) is 19.7. The van der Waals surface area contributed by atoms with Gasteiger partial charge in [0.1, 0.15) is 5.38 Å². The summed E-state index contributed by atoms with van der Waals surface area (Å²) in [4.78, 5) is 14.3. The second kappa shape index (κ2) is 5.78. The zero-order chi connectivity index (χ0) is 17.7. The lowest BCUT2D eigenvalue weighted by Gasteiger charge is -2.44. The van der Waals surface area contributed by atoms with Gasteiger partial charge in [0.25, 0.3) is 0 Å². The highest BCUT2D eigenvalue weighted by Crippen LogP contribution is 2.43. The Balaban J connectivity index is 1.66. The molecule has 2 unspecified atom stereocenters. The molecule has 5 rings (SSSR count). The molecule has 1 amide bonds. The first kappa shape index (κ1) is 15.3. The summed E-state index contributed by atoms with van der Waals surface area (Å²) in [6.45, 7) is 0. The molecule has 1 aromatic heterocycles. The average Bonchev–Trinajstić information content (AvgIpc) is 2.71. The maximum atomic E-state index is 12.5. The van der Waals surface area contributed by atoms with Crippen LogP contribution in [-0.4, -0.2) is 21.5 Å². The molecule has 1 saturated heterocycles. The zero-order valence-corrected chi connectivity index (χ0v) is 14.5. The van der Waals surface area contributed by atoms with Gasteiger partial charge in [0, 0.05) is 16.5 Å². The number of halogens is 1. The van der Waals surface area contributed by atoms with Crippen molar-refractivity contribution in [2.45, 2.75) is 11.4 Å². The lowest BCUT2D eigenvalue weighted by atomic mass is 9.92. The third-order valence-corrected chi connectivity index (χ3v) is 5.31. The lowest BCUT2D eigenvalue weighted by molar-refractivity contribution is -0.123. The molecule has 4 aromatic rings. The van der Waals surface area contributed by atoms with Crippen LogP contribution in [0.4, 0.5) is 5.69 Å². The van der Waals surface area contributed by atoms with E-state index in [4.69, 9.17) is 11.6 Å². The van der Waals surface area contributed by atoms with E-state index in [1.165, 1.54) is 0 Å². The van der Waals surface area contributed by atoms with E-state index in [0.717, 1.165) is 33.1 Å². The summed E-state index contributed by atoms with van der Waals surface area (Å²) in [5.41, 5.74) is 3.50. The van der Waals surface area contributed by atoms with Crippen molar-refractivity contribution in [1.29, 1.82) is 0 Å². The van der Waals surface area contributed by atoms with Crippen LogP contribution in [0.2, 0.25) is 0 Å². The molecule has 2 heterocycles. The second-order valence-corrected chi connectivity index (χ2v) is 6.85. The van der Waals surface area contributed by atoms with Crippen molar-refractivity contribution in [3.8, 4) is 0 Å². The third-order valence-electron chi connectivity index (χ3n) is 4.89. The summed E-state index contributed by atoms with van der Waals surface area (Å²) in [7, 11) is 0. The van der Waals surface area contributed by atoms with Gasteiger partial charge in [-0.3, -0.25) is 4.79 Å². The van der Waals surface area contributed by atoms with Gasteiger partial charge >= 0.3 is 0 Å².